The van der Waals surface area contributed by atoms with Gasteiger partial charge in [0.05, 0.1) is 5.75 Å². The van der Waals surface area contributed by atoms with Crippen molar-refractivity contribution in [1.29, 1.82) is 0 Å². The van der Waals surface area contributed by atoms with E-state index in [-0.39, 0.29) is 42.4 Å². The third-order valence-corrected chi connectivity index (χ3v) is 4.92. The van der Waals surface area contributed by atoms with Gasteiger partial charge >= 0.3 is 0 Å². The van der Waals surface area contributed by atoms with Gasteiger partial charge < -0.3 is 9.42 Å². The summed E-state index contributed by atoms with van der Waals surface area (Å²) in [6.45, 7) is 0.342. The lowest BCUT2D eigenvalue weighted by molar-refractivity contribution is 0.0761. The summed E-state index contributed by atoms with van der Waals surface area (Å²) in [5.74, 6) is -2.62. The van der Waals surface area contributed by atoms with Crippen molar-refractivity contribution in [1.82, 2.24) is 14.8 Å². The highest BCUT2D eigenvalue weighted by atomic mass is 32.2. The SMILES string of the molecule is O=C(c1cc(-c2ccc(F)c(F)c2)on1)N1CCNS(=O)(=O)CC1. The lowest BCUT2D eigenvalue weighted by Crippen LogP contribution is -2.35. The largest absolute Gasteiger partial charge is 0.355 e. The molecule has 2 aromatic rings. The minimum absolute atomic E-state index is 0.0293. The molecule has 0 saturated carbocycles. The van der Waals surface area contributed by atoms with Crippen molar-refractivity contribution in [3.63, 3.8) is 0 Å². The van der Waals surface area contributed by atoms with Crippen LogP contribution in [-0.4, -0.2) is 49.8 Å². The van der Waals surface area contributed by atoms with Crippen molar-refractivity contribution < 1.29 is 26.5 Å². The standard InChI is InChI=1S/C14H13F2N3O4S/c15-10-2-1-9(7-11(10)16)13-8-12(18-23-13)14(20)19-4-3-17-24(21,22)6-5-19/h1-2,7-8,17H,3-6H2. The molecule has 1 fully saturated rings. The van der Waals surface area contributed by atoms with E-state index in [1.165, 1.54) is 17.0 Å². The van der Waals surface area contributed by atoms with Crippen LogP contribution in [0.1, 0.15) is 10.5 Å². The molecule has 10 heteroatoms. The van der Waals surface area contributed by atoms with Crippen LogP contribution in [0.25, 0.3) is 11.3 Å². The van der Waals surface area contributed by atoms with E-state index < -0.39 is 27.6 Å². The van der Waals surface area contributed by atoms with E-state index in [9.17, 15) is 22.0 Å². The quantitative estimate of drug-likeness (QED) is 0.865. The van der Waals surface area contributed by atoms with Gasteiger partial charge in [0.1, 0.15) is 0 Å². The lowest BCUT2D eigenvalue weighted by Gasteiger charge is -2.17. The molecule has 24 heavy (non-hydrogen) atoms. The zero-order chi connectivity index (χ0) is 17.3. The van der Waals surface area contributed by atoms with E-state index in [0.717, 1.165) is 12.1 Å². The molecule has 1 amide bonds. The van der Waals surface area contributed by atoms with Crippen LogP contribution in [-0.2, 0) is 10.0 Å². The summed E-state index contributed by atoms with van der Waals surface area (Å²) in [6, 6.07) is 4.49. The number of aromatic nitrogens is 1. The van der Waals surface area contributed by atoms with Gasteiger partial charge in [0.25, 0.3) is 5.91 Å². The highest BCUT2D eigenvalue weighted by molar-refractivity contribution is 7.89. The maximum atomic E-state index is 13.3. The van der Waals surface area contributed by atoms with Crippen LogP contribution in [0.15, 0.2) is 28.8 Å². The summed E-state index contributed by atoms with van der Waals surface area (Å²) in [6.07, 6.45) is 0. The number of halogens is 2. The molecular formula is C14H13F2N3O4S. The van der Waals surface area contributed by atoms with Crippen LogP contribution < -0.4 is 4.72 Å². The number of sulfonamides is 1. The molecule has 128 valence electrons. The van der Waals surface area contributed by atoms with Gasteiger partial charge in [0.15, 0.2) is 23.1 Å². The molecule has 7 nitrogen and oxygen atoms in total. The van der Waals surface area contributed by atoms with Crippen LogP contribution in [0.5, 0.6) is 0 Å². The van der Waals surface area contributed by atoms with E-state index in [1.807, 2.05) is 0 Å². The number of nitrogens with zero attached hydrogens (tertiary/aromatic N) is 2. The van der Waals surface area contributed by atoms with E-state index in [1.54, 1.807) is 0 Å². The molecule has 0 unspecified atom stereocenters. The maximum Gasteiger partial charge on any atom is 0.276 e. The predicted molar refractivity (Wildman–Crippen MR) is 79.5 cm³/mol. The smallest absolute Gasteiger partial charge is 0.276 e. The van der Waals surface area contributed by atoms with Gasteiger partial charge in [0, 0.05) is 31.3 Å². The highest BCUT2D eigenvalue weighted by Crippen LogP contribution is 2.23. The average molecular weight is 357 g/mol. The van der Waals surface area contributed by atoms with Crippen LogP contribution >= 0.6 is 0 Å². The predicted octanol–water partition coefficient (Wildman–Crippen LogP) is 0.995. The third kappa shape index (κ3) is 3.44. The van der Waals surface area contributed by atoms with Crippen molar-refractivity contribution in [3.8, 4) is 11.3 Å². The summed E-state index contributed by atoms with van der Waals surface area (Å²) in [5.41, 5.74) is 0.203. The number of benzene rings is 1. The molecule has 1 N–H and O–H groups in total. The van der Waals surface area contributed by atoms with Crippen molar-refractivity contribution in [2.45, 2.75) is 0 Å². The molecule has 0 atom stereocenters. The Bertz CT molecular complexity index is 882. The molecule has 2 heterocycles. The number of carbonyl (C=O) groups excluding carboxylic acids is 1. The Balaban J connectivity index is 1.79. The fraction of sp³-hybridized carbons (Fsp3) is 0.286. The Morgan fingerprint density at radius 3 is 2.75 bits per heavy atom. The van der Waals surface area contributed by atoms with Crippen LogP contribution in [0.2, 0.25) is 0 Å². The van der Waals surface area contributed by atoms with Gasteiger partial charge in [0.2, 0.25) is 10.0 Å². The lowest BCUT2D eigenvalue weighted by atomic mass is 10.1. The molecule has 0 aliphatic carbocycles. The second-order valence-electron chi connectivity index (χ2n) is 5.21. The van der Waals surface area contributed by atoms with Crippen LogP contribution in [0.4, 0.5) is 8.78 Å². The average Bonchev–Trinajstić information content (AvgIpc) is 2.95. The molecular weight excluding hydrogens is 344 g/mol. The Hall–Kier alpha value is -2.33. The van der Waals surface area contributed by atoms with Crippen molar-refractivity contribution in [3.05, 3.63) is 41.6 Å². The molecule has 1 saturated heterocycles. The second-order valence-corrected chi connectivity index (χ2v) is 7.14. The number of amides is 1. The van der Waals surface area contributed by atoms with Gasteiger partial charge in [-0.25, -0.2) is 21.9 Å². The summed E-state index contributed by atoms with van der Waals surface area (Å²) in [4.78, 5) is 13.7. The maximum absolute atomic E-state index is 13.3. The minimum Gasteiger partial charge on any atom is -0.355 e. The van der Waals surface area contributed by atoms with Crippen molar-refractivity contribution in [2.75, 3.05) is 25.4 Å². The first-order chi connectivity index (χ1) is 11.4. The van der Waals surface area contributed by atoms with E-state index in [4.69, 9.17) is 4.52 Å². The Labute approximate surface area is 136 Å². The molecule has 0 spiro atoms. The van der Waals surface area contributed by atoms with E-state index >= 15 is 0 Å². The zero-order valence-corrected chi connectivity index (χ0v) is 13.1. The first kappa shape index (κ1) is 16.5. The monoisotopic (exact) mass is 357 g/mol. The highest BCUT2D eigenvalue weighted by Gasteiger charge is 2.25. The van der Waals surface area contributed by atoms with Crippen molar-refractivity contribution >= 4 is 15.9 Å². The van der Waals surface area contributed by atoms with Gasteiger partial charge in [-0.1, -0.05) is 5.16 Å². The number of hydrogen-bond acceptors (Lipinski definition) is 5. The summed E-state index contributed by atoms with van der Waals surface area (Å²) in [7, 11) is -3.38. The summed E-state index contributed by atoms with van der Waals surface area (Å²) >= 11 is 0. The minimum atomic E-state index is -3.38. The molecule has 1 aliphatic rings. The zero-order valence-electron chi connectivity index (χ0n) is 12.3. The second kappa shape index (κ2) is 6.29. The van der Waals surface area contributed by atoms with Gasteiger partial charge in [-0.2, -0.15) is 0 Å². The topological polar surface area (TPSA) is 92.5 Å². The number of hydrogen-bond donors (Lipinski definition) is 1. The normalized spacial score (nSPS) is 17.5. The Morgan fingerprint density at radius 2 is 2.00 bits per heavy atom. The molecule has 0 radical (unpaired) electrons. The Morgan fingerprint density at radius 1 is 1.21 bits per heavy atom. The first-order valence-corrected chi connectivity index (χ1v) is 8.70. The molecule has 3 rings (SSSR count). The third-order valence-electron chi connectivity index (χ3n) is 3.55. The van der Waals surface area contributed by atoms with E-state index in [0.29, 0.717) is 0 Å². The summed E-state index contributed by atoms with van der Waals surface area (Å²) < 4.78 is 56.5. The number of rotatable bonds is 2. The van der Waals surface area contributed by atoms with E-state index in [2.05, 4.69) is 9.88 Å². The van der Waals surface area contributed by atoms with Gasteiger partial charge in [-0.3, -0.25) is 4.79 Å². The summed E-state index contributed by atoms with van der Waals surface area (Å²) in [5, 5.41) is 3.63. The van der Waals surface area contributed by atoms with Crippen LogP contribution in [0.3, 0.4) is 0 Å². The number of carbonyl (C=O) groups is 1. The Kier molecular flexibility index (Phi) is 4.33. The molecule has 0 bridgehead atoms. The van der Waals surface area contributed by atoms with Crippen molar-refractivity contribution in [2.24, 2.45) is 0 Å². The fourth-order valence-corrected chi connectivity index (χ4v) is 3.28. The number of nitrogens with one attached hydrogen (secondary N) is 1. The molecule has 1 aliphatic heterocycles. The van der Waals surface area contributed by atoms with Gasteiger partial charge in [-0.15, -0.1) is 0 Å². The van der Waals surface area contributed by atoms with Crippen LogP contribution in [0, 0.1) is 11.6 Å². The first-order valence-electron chi connectivity index (χ1n) is 7.04. The van der Waals surface area contributed by atoms with Gasteiger partial charge in [-0.05, 0) is 18.2 Å². The fourth-order valence-electron chi connectivity index (χ4n) is 2.28. The molecule has 1 aromatic heterocycles. The molecule has 1 aromatic carbocycles.